The fourth-order valence-corrected chi connectivity index (χ4v) is 6.00. The fourth-order valence-electron chi connectivity index (χ4n) is 6.00. The first-order valence-corrected chi connectivity index (χ1v) is 12.4. The van der Waals surface area contributed by atoms with Crippen LogP contribution >= 0.6 is 0 Å². The van der Waals surface area contributed by atoms with E-state index in [2.05, 4.69) is 61.1 Å². The Morgan fingerprint density at radius 1 is 0.464 bits per heavy atom. The van der Waals surface area contributed by atoms with E-state index in [9.17, 15) is 0 Å². The smallest absolute Gasteiger partial charge is 0.0125 e. The third-order valence-corrected chi connectivity index (χ3v) is 7.95. The molecule has 3 aliphatic rings. The first-order chi connectivity index (χ1) is 13.4. The van der Waals surface area contributed by atoms with Gasteiger partial charge >= 0.3 is 0 Å². The van der Waals surface area contributed by atoms with Crippen molar-refractivity contribution >= 4 is 0 Å². The molecule has 4 nitrogen and oxygen atoms in total. The van der Waals surface area contributed by atoms with E-state index in [1.165, 1.54) is 77.8 Å². The maximum atomic E-state index is 3.08. The third-order valence-electron chi connectivity index (χ3n) is 7.95. The normalized spacial score (nSPS) is 26.4. The van der Waals surface area contributed by atoms with Crippen LogP contribution in [0.25, 0.3) is 0 Å². The molecule has 164 valence electrons. The van der Waals surface area contributed by atoms with Gasteiger partial charge in [0.1, 0.15) is 0 Å². The summed E-state index contributed by atoms with van der Waals surface area (Å²) in [5.41, 5.74) is 0. The quantitative estimate of drug-likeness (QED) is 0.679. The molecular formula is C24H48N4. The topological polar surface area (TPSA) is 13.0 Å². The largest absolute Gasteiger partial charge is 0.301 e. The van der Waals surface area contributed by atoms with Crippen LogP contribution in [0, 0.1) is 0 Å². The molecule has 0 aromatic rings. The Balaban J connectivity index is 1.65. The molecule has 0 aliphatic carbocycles. The number of nitrogens with zero attached hydrogens (tertiary/aromatic N) is 4. The molecular weight excluding hydrogens is 344 g/mol. The zero-order valence-electron chi connectivity index (χ0n) is 19.7. The minimum Gasteiger partial charge on any atom is -0.301 e. The first kappa shape index (κ1) is 22.5. The second kappa shape index (κ2) is 10.2. The van der Waals surface area contributed by atoms with Crippen LogP contribution in [0.3, 0.4) is 0 Å². The van der Waals surface area contributed by atoms with E-state index in [1.54, 1.807) is 0 Å². The SMILES string of the molecule is CC(C)N1CCC(N(C2CCN(C(C)C)CC2)C2CCN(C(C)C)CC2)CC1. The summed E-state index contributed by atoms with van der Waals surface area (Å²) < 4.78 is 0. The average Bonchev–Trinajstić information content (AvgIpc) is 2.69. The fraction of sp³-hybridized carbons (Fsp3) is 1.00. The number of likely N-dealkylation sites (tertiary alicyclic amines) is 3. The molecule has 0 saturated carbocycles. The summed E-state index contributed by atoms with van der Waals surface area (Å²) in [6.07, 6.45) is 8.29. The molecule has 3 aliphatic heterocycles. The average molecular weight is 393 g/mol. The summed E-state index contributed by atoms with van der Waals surface area (Å²) in [5.74, 6) is 0. The van der Waals surface area contributed by atoms with Crippen molar-refractivity contribution in [3.05, 3.63) is 0 Å². The lowest BCUT2D eigenvalue weighted by Crippen LogP contribution is -2.59. The molecule has 0 unspecified atom stereocenters. The van der Waals surface area contributed by atoms with E-state index in [1.807, 2.05) is 0 Å². The van der Waals surface area contributed by atoms with Crippen molar-refractivity contribution in [2.45, 2.75) is 116 Å². The van der Waals surface area contributed by atoms with Crippen LogP contribution < -0.4 is 0 Å². The standard InChI is InChI=1S/C24H48N4/c1-19(2)25-13-7-22(8-14-25)28(23-9-15-26(16-10-23)20(3)4)24-11-17-27(18-12-24)21(5)6/h19-24H,7-18H2,1-6H3. The van der Waals surface area contributed by atoms with Crippen molar-refractivity contribution in [3.63, 3.8) is 0 Å². The van der Waals surface area contributed by atoms with Crippen LogP contribution in [-0.2, 0) is 0 Å². The highest BCUT2D eigenvalue weighted by molar-refractivity contribution is 4.94. The lowest BCUT2D eigenvalue weighted by atomic mass is 9.90. The van der Waals surface area contributed by atoms with Gasteiger partial charge in [0.25, 0.3) is 0 Å². The van der Waals surface area contributed by atoms with Gasteiger partial charge in [-0.15, -0.1) is 0 Å². The minimum absolute atomic E-state index is 0.706. The first-order valence-electron chi connectivity index (χ1n) is 12.4. The summed E-state index contributed by atoms with van der Waals surface area (Å²) in [7, 11) is 0. The summed E-state index contributed by atoms with van der Waals surface area (Å²) in [6, 6.07) is 4.58. The Kier molecular flexibility index (Phi) is 8.23. The van der Waals surface area contributed by atoms with Crippen molar-refractivity contribution in [2.75, 3.05) is 39.3 Å². The molecule has 0 atom stereocenters. The zero-order chi connectivity index (χ0) is 20.3. The van der Waals surface area contributed by atoms with Gasteiger partial charge in [0.05, 0.1) is 0 Å². The Bertz CT molecular complexity index is 373. The van der Waals surface area contributed by atoms with Crippen LogP contribution in [0.4, 0.5) is 0 Å². The van der Waals surface area contributed by atoms with Gasteiger partial charge in [-0.05, 0) is 119 Å². The van der Waals surface area contributed by atoms with E-state index in [4.69, 9.17) is 0 Å². The molecule has 0 N–H and O–H groups in total. The lowest BCUT2D eigenvalue weighted by Gasteiger charge is -2.51. The van der Waals surface area contributed by atoms with Crippen molar-refractivity contribution in [1.82, 2.24) is 19.6 Å². The molecule has 3 rings (SSSR count). The second-order valence-corrected chi connectivity index (χ2v) is 10.5. The van der Waals surface area contributed by atoms with E-state index >= 15 is 0 Å². The van der Waals surface area contributed by atoms with Gasteiger partial charge in [0, 0.05) is 36.3 Å². The summed E-state index contributed by atoms with van der Waals surface area (Å²) in [4.78, 5) is 11.2. The van der Waals surface area contributed by atoms with Crippen LogP contribution in [0.15, 0.2) is 0 Å². The number of hydrogen-bond donors (Lipinski definition) is 0. The molecule has 0 aromatic heterocycles. The molecule has 0 spiro atoms. The summed E-state index contributed by atoms with van der Waals surface area (Å²) in [6.45, 7) is 22.0. The Hall–Kier alpha value is -0.160. The molecule has 0 aromatic carbocycles. The second-order valence-electron chi connectivity index (χ2n) is 10.5. The van der Waals surface area contributed by atoms with Gasteiger partial charge in [0.2, 0.25) is 0 Å². The molecule has 0 radical (unpaired) electrons. The van der Waals surface area contributed by atoms with Gasteiger partial charge < -0.3 is 14.7 Å². The van der Waals surface area contributed by atoms with Crippen LogP contribution in [0.5, 0.6) is 0 Å². The van der Waals surface area contributed by atoms with Crippen molar-refractivity contribution in [3.8, 4) is 0 Å². The van der Waals surface area contributed by atoms with Gasteiger partial charge in [-0.3, -0.25) is 4.90 Å². The lowest BCUT2D eigenvalue weighted by molar-refractivity contribution is -0.0206. The number of piperidine rings is 3. The molecule has 28 heavy (non-hydrogen) atoms. The van der Waals surface area contributed by atoms with Gasteiger partial charge in [-0.1, -0.05) is 0 Å². The molecule has 3 fully saturated rings. The monoisotopic (exact) mass is 392 g/mol. The van der Waals surface area contributed by atoms with Crippen molar-refractivity contribution in [1.29, 1.82) is 0 Å². The van der Waals surface area contributed by atoms with Crippen LogP contribution in [0.1, 0.15) is 80.1 Å². The summed E-state index contributed by atoms with van der Waals surface area (Å²) in [5, 5.41) is 0. The van der Waals surface area contributed by atoms with Crippen molar-refractivity contribution < 1.29 is 0 Å². The Morgan fingerprint density at radius 3 is 0.857 bits per heavy atom. The highest BCUT2D eigenvalue weighted by Crippen LogP contribution is 2.31. The molecule has 3 heterocycles. The molecule has 0 bridgehead atoms. The number of rotatable bonds is 6. The molecule has 4 heteroatoms. The molecule has 0 amide bonds. The zero-order valence-corrected chi connectivity index (χ0v) is 19.7. The van der Waals surface area contributed by atoms with Crippen LogP contribution in [-0.4, -0.2) is 95.1 Å². The van der Waals surface area contributed by atoms with E-state index in [-0.39, 0.29) is 0 Å². The highest BCUT2D eigenvalue weighted by atomic mass is 15.3. The highest BCUT2D eigenvalue weighted by Gasteiger charge is 2.38. The number of hydrogen-bond acceptors (Lipinski definition) is 4. The summed E-state index contributed by atoms with van der Waals surface area (Å²) >= 11 is 0. The maximum Gasteiger partial charge on any atom is 0.0125 e. The third kappa shape index (κ3) is 5.50. The van der Waals surface area contributed by atoms with Crippen molar-refractivity contribution in [2.24, 2.45) is 0 Å². The van der Waals surface area contributed by atoms with Gasteiger partial charge in [-0.2, -0.15) is 0 Å². The van der Waals surface area contributed by atoms with E-state index in [0.717, 1.165) is 18.1 Å². The van der Waals surface area contributed by atoms with E-state index in [0.29, 0.717) is 18.1 Å². The van der Waals surface area contributed by atoms with Crippen LogP contribution in [0.2, 0.25) is 0 Å². The maximum absolute atomic E-state index is 3.08. The molecule has 3 saturated heterocycles. The van der Waals surface area contributed by atoms with E-state index < -0.39 is 0 Å². The minimum atomic E-state index is 0.706. The predicted molar refractivity (Wildman–Crippen MR) is 121 cm³/mol. The Morgan fingerprint density at radius 2 is 0.679 bits per heavy atom. The predicted octanol–water partition coefficient (Wildman–Crippen LogP) is 3.91. The van der Waals surface area contributed by atoms with Gasteiger partial charge in [0.15, 0.2) is 0 Å². The van der Waals surface area contributed by atoms with Gasteiger partial charge in [-0.25, -0.2) is 0 Å². The Labute approximate surface area is 175 Å².